The van der Waals surface area contributed by atoms with E-state index in [4.69, 9.17) is 46.4 Å². The van der Waals surface area contributed by atoms with Crippen molar-refractivity contribution in [1.29, 1.82) is 5.26 Å². The van der Waals surface area contributed by atoms with Gasteiger partial charge in [-0.2, -0.15) is 5.26 Å². The number of carbonyl (C=O) groups excluding carboxylic acids is 2. The quantitative estimate of drug-likeness (QED) is 0.274. The molecule has 0 spiro atoms. The van der Waals surface area contributed by atoms with E-state index in [0.717, 1.165) is 0 Å². The molecule has 1 fully saturated rings. The molecule has 1 aliphatic carbocycles. The smallest absolute Gasteiger partial charge is 0.231 e. The Bertz CT molecular complexity index is 1340. The van der Waals surface area contributed by atoms with Gasteiger partial charge in [0.25, 0.3) is 0 Å². The first-order valence-corrected chi connectivity index (χ1v) is 11.6. The lowest BCUT2D eigenvalue weighted by atomic mass is 10.0. The van der Waals surface area contributed by atoms with Crippen molar-refractivity contribution in [3.05, 3.63) is 98.8 Å². The fourth-order valence-corrected chi connectivity index (χ4v) is 5.14. The minimum absolute atomic E-state index is 0.0184. The van der Waals surface area contributed by atoms with Gasteiger partial charge in [-0.1, -0.05) is 35.3 Å². The van der Waals surface area contributed by atoms with E-state index >= 15 is 0 Å². The van der Waals surface area contributed by atoms with Gasteiger partial charge in [0.05, 0.1) is 22.6 Å². The van der Waals surface area contributed by atoms with Crippen molar-refractivity contribution < 1.29 is 14.0 Å². The molecule has 3 aromatic rings. The number of halogens is 5. The predicted octanol–water partition coefficient (Wildman–Crippen LogP) is 6.96. The highest BCUT2D eigenvalue weighted by Gasteiger charge is 2.67. The third-order valence-corrected chi connectivity index (χ3v) is 7.04. The summed E-state index contributed by atoms with van der Waals surface area (Å²) < 4.78 is 11.7. The normalized spacial score (nSPS) is 18.1. The van der Waals surface area contributed by atoms with Gasteiger partial charge >= 0.3 is 0 Å². The number of amides is 1. The lowest BCUT2D eigenvalue weighted by Crippen LogP contribution is -2.17. The third kappa shape index (κ3) is 5.06. The number of ketones is 1. The fourth-order valence-electron chi connectivity index (χ4n) is 3.84. The van der Waals surface area contributed by atoms with Gasteiger partial charge in [-0.25, -0.2) is 4.39 Å². The number of nitrogens with zero attached hydrogens (tertiary/aromatic N) is 1. The van der Waals surface area contributed by atoms with Gasteiger partial charge in [-0.3, -0.25) is 9.59 Å². The third-order valence-electron chi connectivity index (χ3n) is 5.56. The summed E-state index contributed by atoms with van der Waals surface area (Å²) in [6.07, 6.45) is 0.0184. The molecule has 0 bridgehead atoms. The van der Waals surface area contributed by atoms with Crippen molar-refractivity contribution in [3.63, 3.8) is 0 Å². The molecule has 1 N–H and O–H groups in total. The molecule has 0 heterocycles. The maximum atomic E-state index is 13.1. The second-order valence-corrected chi connectivity index (χ2v) is 10.2. The predicted molar refractivity (Wildman–Crippen MR) is 131 cm³/mol. The van der Waals surface area contributed by atoms with E-state index in [-0.39, 0.29) is 22.8 Å². The molecule has 0 aromatic heterocycles. The van der Waals surface area contributed by atoms with Gasteiger partial charge in [0, 0.05) is 28.6 Å². The number of rotatable bonds is 6. The first-order chi connectivity index (χ1) is 16.1. The molecule has 9 heteroatoms. The zero-order valence-corrected chi connectivity index (χ0v) is 20.3. The Kier molecular flexibility index (Phi) is 6.89. The van der Waals surface area contributed by atoms with Crippen LogP contribution in [0, 0.1) is 23.1 Å². The fraction of sp³-hybridized carbons (Fsp3) is 0.160. The second kappa shape index (κ2) is 9.56. The van der Waals surface area contributed by atoms with Crippen molar-refractivity contribution in [2.75, 3.05) is 5.32 Å². The molecule has 1 saturated carbocycles. The number of nitrogens with one attached hydrogen (secondary N) is 1. The van der Waals surface area contributed by atoms with E-state index < -0.39 is 27.9 Å². The van der Waals surface area contributed by atoms with Crippen LogP contribution < -0.4 is 5.32 Å². The summed E-state index contributed by atoms with van der Waals surface area (Å²) in [6.45, 7) is 0. The Hall–Kier alpha value is -2.62. The minimum Gasteiger partial charge on any atom is -0.326 e. The van der Waals surface area contributed by atoms with Crippen LogP contribution in [0.1, 0.15) is 33.0 Å². The van der Waals surface area contributed by atoms with E-state index in [2.05, 4.69) is 5.32 Å². The van der Waals surface area contributed by atoms with Crippen LogP contribution in [0.5, 0.6) is 0 Å². The van der Waals surface area contributed by atoms with Crippen LogP contribution in [0.4, 0.5) is 10.1 Å². The van der Waals surface area contributed by atoms with Crippen LogP contribution in [0.2, 0.25) is 10.0 Å². The Labute approximate surface area is 215 Å². The van der Waals surface area contributed by atoms with Crippen molar-refractivity contribution in [3.8, 4) is 6.07 Å². The van der Waals surface area contributed by atoms with Gasteiger partial charge in [0.1, 0.15) is 10.2 Å². The van der Waals surface area contributed by atoms with E-state index in [1.54, 1.807) is 18.2 Å². The molecule has 4 nitrogen and oxygen atoms in total. The lowest BCUT2D eigenvalue weighted by molar-refractivity contribution is -0.117. The number of alkyl halides is 2. The van der Waals surface area contributed by atoms with Gasteiger partial charge < -0.3 is 5.32 Å². The van der Waals surface area contributed by atoms with Crippen LogP contribution >= 0.6 is 46.4 Å². The first-order valence-electron chi connectivity index (χ1n) is 10.1. The molecular formula is C25H15Cl4FN2O2. The first kappa shape index (κ1) is 24.5. The van der Waals surface area contributed by atoms with Crippen molar-refractivity contribution in [2.24, 2.45) is 5.92 Å². The molecule has 2 unspecified atom stereocenters. The van der Waals surface area contributed by atoms with Crippen LogP contribution in [-0.4, -0.2) is 16.0 Å². The molecule has 1 amide bonds. The lowest BCUT2D eigenvalue weighted by Gasteiger charge is -2.09. The van der Waals surface area contributed by atoms with Crippen molar-refractivity contribution >= 4 is 63.8 Å². The van der Waals surface area contributed by atoms with Gasteiger partial charge in [-0.15, -0.1) is 23.2 Å². The summed E-state index contributed by atoms with van der Waals surface area (Å²) in [4.78, 5) is 25.7. The van der Waals surface area contributed by atoms with Crippen molar-refractivity contribution in [2.45, 2.75) is 16.7 Å². The maximum Gasteiger partial charge on any atom is 0.231 e. The monoisotopic (exact) mass is 534 g/mol. The molecule has 2 atom stereocenters. The molecule has 0 aliphatic heterocycles. The largest absolute Gasteiger partial charge is 0.326 e. The minimum atomic E-state index is -1.38. The average Bonchev–Trinajstić information content (AvgIpc) is 3.38. The highest BCUT2D eigenvalue weighted by Crippen LogP contribution is 2.65. The van der Waals surface area contributed by atoms with Gasteiger partial charge in [0.2, 0.25) is 5.91 Å². The number of hydrogen-bond acceptors (Lipinski definition) is 3. The molecule has 0 radical (unpaired) electrons. The summed E-state index contributed by atoms with van der Waals surface area (Å²) in [6, 6.07) is 16.9. The maximum absolute atomic E-state index is 13.1. The van der Waals surface area contributed by atoms with E-state index in [1.807, 2.05) is 6.07 Å². The van der Waals surface area contributed by atoms with Gasteiger partial charge in [0.15, 0.2) is 5.78 Å². The van der Waals surface area contributed by atoms with E-state index in [1.165, 1.54) is 42.5 Å². The Balaban J connectivity index is 1.51. The number of nitriles is 1. The van der Waals surface area contributed by atoms with Crippen LogP contribution in [0.25, 0.3) is 0 Å². The molecule has 172 valence electrons. The molecule has 0 saturated heterocycles. The van der Waals surface area contributed by atoms with E-state index in [9.17, 15) is 19.2 Å². The number of anilines is 1. The molecular weight excluding hydrogens is 521 g/mol. The standard InChI is InChI=1S/C25H15Cl4FN2O2/c26-16-8-14(12-31)7-15(10-16)22-23(25(22,28)29)24(34)32-18-5-6-20(27)19(11-18)21(33)9-13-1-3-17(30)4-2-13/h1-8,10-11,22-23H,9H2,(H,32,34). The number of carbonyl (C=O) groups is 2. The zero-order valence-electron chi connectivity index (χ0n) is 17.3. The number of hydrogen-bond donors (Lipinski definition) is 1. The molecule has 3 aromatic carbocycles. The number of benzene rings is 3. The topological polar surface area (TPSA) is 70.0 Å². The highest BCUT2D eigenvalue weighted by atomic mass is 35.5. The molecule has 4 rings (SSSR count). The Morgan fingerprint density at radius 3 is 2.41 bits per heavy atom. The summed E-state index contributed by atoms with van der Waals surface area (Å²) in [7, 11) is 0. The van der Waals surface area contributed by atoms with E-state index in [0.29, 0.717) is 27.4 Å². The van der Waals surface area contributed by atoms with Crippen molar-refractivity contribution in [1.82, 2.24) is 0 Å². The Morgan fingerprint density at radius 2 is 1.74 bits per heavy atom. The molecule has 34 heavy (non-hydrogen) atoms. The summed E-state index contributed by atoms with van der Waals surface area (Å²) in [5.41, 5.74) is 2.10. The SMILES string of the molecule is N#Cc1cc(Cl)cc(C2C(C(=O)Nc3ccc(Cl)c(C(=O)Cc4ccc(F)cc4)c3)C2(Cl)Cl)c1. The highest BCUT2D eigenvalue weighted by molar-refractivity contribution is 6.53. The zero-order chi connectivity index (χ0) is 24.6. The van der Waals surface area contributed by atoms with Crippen LogP contribution in [0.15, 0.2) is 60.7 Å². The Morgan fingerprint density at radius 1 is 1.03 bits per heavy atom. The van der Waals surface area contributed by atoms with Crippen LogP contribution in [-0.2, 0) is 11.2 Å². The molecule has 1 aliphatic rings. The number of Topliss-reactive ketones (excluding diaryl/α,β-unsaturated/α-hetero) is 1. The van der Waals surface area contributed by atoms with Gasteiger partial charge in [-0.05, 0) is 59.7 Å². The van der Waals surface area contributed by atoms with Crippen LogP contribution in [0.3, 0.4) is 0 Å². The average molecular weight is 536 g/mol. The second-order valence-electron chi connectivity index (χ2n) is 7.93. The summed E-state index contributed by atoms with van der Waals surface area (Å²) in [5, 5.41) is 12.5. The summed E-state index contributed by atoms with van der Waals surface area (Å²) in [5.74, 6) is -2.49. The summed E-state index contributed by atoms with van der Waals surface area (Å²) >= 11 is 25.1.